The Balaban J connectivity index is 1.93. The normalized spacial score (nSPS) is 18.4. The van der Waals surface area contributed by atoms with Crippen LogP contribution in [0.25, 0.3) is 0 Å². The summed E-state index contributed by atoms with van der Waals surface area (Å²) >= 11 is 6.30. The molecule has 102 valence electrons. The molecule has 0 unspecified atom stereocenters. The van der Waals surface area contributed by atoms with Crippen molar-refractivity contribution in [3.05, 3.63) is 16.4 Å². The standard InChI is InChI=1S/C14H24ClN3/c1-4-18-12(13(15)11(2)17-18)9-16-10-14(3)7-5-6-8-14/h16H,4-10H2,1-3H3. The van der Waals surface area contributed by atoms with Crippen LogP contribution in [0.2, 0.25) is 5.02 Å². The summed E-state index contributed by atoms with van der Waals surface area (Å²) in [7, 11) is 0. The van der Waals surface area contributed by atoms with Crippen LogP contribution in [-0.2, 0) is 13.1 Å². The molecule has 0 aliphatic heterocycles. The van der Waals surface area contributed by atoms with Crippen LogP contribution in [0, 0.1) is 12.3 Å². The molecule has 1 fully saturated rings. The van der Waals surface area contributed by atoms with Gasteiger partial charge >= 0.3 is 0 Å². The minimum Gasteiger partial charge on any atom is -0.311 e. The van der Waals surface area contributed by atoms with E-state index >= 15 is 0 Å². The van der Waals surface area contributed by atoms with Gasteiger partial charge in [-0.3, -0.25) is 4.68 Å². The minimum atomic E-state index is 0.485. The van der Waals surface area contributed by atoms with E-state index in [9.17, 15) is 0 Å². The third-order valence-corrected chi connectivity index (χ3v) is 4.60. The number of aromatic nitrogens is 2. The van der Waals surface area contributed by atoms with E-state index < -0.39 is 0 Å². The van der Waals surface area contributed by atoms with Crippen LogP contribution in [0.4, 0.5) is 0 Å². The minimum absolute atomic E-state index is 0.485. The second-order valence-corrected chi connectivity index (χ2v) is 6.16. The fraction of sp³-hybridized carbons (Fsp3) is 0.786. The first-order valence-electron chi connectivity index (χ1n) is 6.98. The van der Waals surface area contributed by atoms with Gasteiger partial charge < -0.3 is 5.32 Å². The molecular weight excluding hydrogens is 246 g/mol. The molecule has 0 amide bonds. The molecule has 0 saturated heterocycles. The van der Waals surface area contributed by atoms with Gasteiger partial charge in [-0.15, -0.1) is 0 Å². The second-order valence-electron chi connectivity index (χ2n) is 5.78. The Morgan fingerprint density at radius 2 is 2.06 bits per heavy atom. The van der Waals surface area contributed by atoms with E-state index in [1.54, 1.807) is 0 Å². The van der Waals surface area contributed by atoms with E-state index in [0.29, 0.717) is 5.41 Å². The smallest absolute Gasteiger partial charge is 0.0860 e. The summed E-state index contributed by atoms with van der Waals surface area (Å²) < 4.78 is 2.00. The SMILES string of the molecule is CCn1nc(C)c(Cl)c1CNCC1(C)CCCC1. The van der Waals surface area contributed by atoms with Gasteiger partial charge in [0, 0.05) is 19.6 Å². The number of nitrogens with zero attached hydrogens (tertiary/aromatic N) is 2. The number of halogens is 1. The van der Waals surface area contributed by atoms with Crippen molar-refractivity contribution in [1.82, 2.24) is 15.1 Å². The van der Waals surface area contributed by atoms with Crippen LogP contribution in [0.3, 0.4) is 0 Å². The highest BCUT2D eigenvalue weighted by molar-refractivity contribution is 6.31. The molecule has 0 radical (unpaired) electrons. The van der Waals surface area contributed by atoms with E-state index in [-0.39, 0.29) is 0 Å². The molecule has 0 atom stereocenters. The van der Waals surface area contributed by atoms with Crippen LogP contribution in [0.5, 0.6) is 0 Å². The largest absolute Gasteiger partial charge is 0.311 e. The average Bonchev–Trinajstić information content (AvgIpc) is 2.88. The third-order valence-electron chi connectivity index (χ3n) is 4.11. The molecule has 1 aliphatic rings. The maximum Gasteiger partial charge on any atom is 0.0860 e. The molecule has 0 aromatic carbocycles. The van der Waals surface area contributed by atoms with Crippen LogP contribution >= 0.6 is 11.6 Å². The van der Waals surface area contributed by atoms with Crippen molar-refractivity contribution in [3.63, 3.8) is 0 Å². The molecule has 4 heteroatoms. The van der Waals surface area contributed by atoms with Crippen LogP contribution < -0.4 is 5.32 Å². The molecule has 1 aromatic rings. The Morgan fingerprint density at radius 3 is 2.67 bits per heavy atom. The molecule has 2 rings (SSSR count). The Kier molecular flexibility index (Phi) is 4.33. The molecule has 1 aliphatic carbocycles. The predicted octanol–water partition coefficient (Wildman–Crippen LogP) is 3.53. The Hall–Kier alpha value is -0.540. The highest BCUT2D eigenvalue weighted by Gasteiger charge is 2.28. The molecule has 18 heavy (non-hydrogen) atoms. The van der Waals surface area contributed by atoms with Crippen molar-refractivity contribution < 1.29 is 0 Å². The average molecular weight is 270 g/mol. The summed E-state index contributed by atoms with van der Waals surface area (Å²) in [5, 5.41) is 8.83. The zero-order valence-electron chi connectivity index (χ0n) is 11.7. The van der Waals surface area contributed by atoms with Crippen LogP contribution in [0.1, 0.15) is 50.9 Å². The molecule has 1 N–H and O–H groups in total. The lowest BCUT2D eigenvalue weighted by Gasteiger charge is -2.23. The topological polar surface area (TPSA) is 29.9 Å². The van der Waals surface area contributed by atoms with Gasteiger partial charge in [-0.1, -0.05) is 31.4 Å². The van der Waals surface area contributed by atoms with E-state index in [0.717, 1.165) is 36.0 Å². The van der Waals surface area contributed by atoms with Gasteiger partial charge in [-0.05, 0) is 32.1 Å². The van der Waals surface area contributed by atoms with Gasteiger partial charge in [-0.25, -0.2) is 0 Å². The second kappa shape index (κ2) is 5.62. The summed E-state index contributed by atoms with van der Waals surface area (Å²) in [6, 6.07) is 0. The third kappa shape index (κ3) is 2.89. The quantitative estimate of drug-likeness (QED) is 0.886. The van der Waals surface area contributed by atoms with E-state index in [2.05, 4.69) is 24.3 Å². The molecule has 1 heterocycles. The van der Waals surface area contributed by atoms with Crippen molar-refractivity contribution in [2.75, 3.05) is 6.54 Å². The predicted molar refractivity (Wildman–Crippen MR) is 75.9 cm³/mol. The summed E-state index contributed by atoms with van der Waals surface area (Å²) in [5.74, 6) is 0. The van der Waals surface area contributed by atoms with Crippen molar-refractivity contribution in [2.45, 2.75) is 59.5 Å². The first kappa shape index (κ1) is 13.9. The van der Waals surface area contributed by atoms with E-state index in [1.165, 1.54) is 25.7 Å². The van der Waals surface area contributed by atoms with Gasteiger partial charge in [-0.2, -0.15) is 5.10 Å². The van der Waals surface area contributed by atoms with E-state index in [1.807, 2.05) is 11.6 Å². The molecule has 1 aromatic heterocycles. The first-order valence-corrected chi connectivity index (χ1v) is 7.36. The molecule has 1 saturated carbocycles. The summed E-state index contributed by atoms with van der Waals surface area (Å²) in [4.78, 5) is 0. The van der Waals surface area contributed by atoms with Crippen LogP contribution in [-0.4, -0.2) is 16.3 Å². The number of nitrogens with one attached hydrogen (secondary N) is 1. The van der Waals surface area contributed by atoms with Crippen molar-refractivity contribution in [3.8, 4) is 0 Å². The maximum atomic E-state index is 6.30. The number of hydrogen-bond acceptors (Lipinski definition) is 2. The molecule has 3 nitrogen and oxygen atoms in total. The highest BCUT2D eigenvalue weighted by atomic mass is 35.5. The first-order chi connectivity index (χ1) is 8.56. The van der Waals surface area contributed by atoms with Gasteiger partial charge in [0.2, 0.25) is 0 Å². The zero-order chi connectivity index (χ0) is 13.2. The Bertz CT molecular complexity index is 405. The summed E-state index contributed by atoms with van der Waals surface area (Å²) in [5.41, 5.74) is 2.54. The van der Waals surface area contributed by atoms with Crippen molar-refractivity contribution in [1.29, 1.82) is 0 Å². The van der Waals surface area contributed by atoms with Crippen molar-refractivity contribution >= 4 is 11.6 Å². The van der Waals surface area contributed by atoms with Crippen LogP contribution in [0.15, 0.2) is 0 Å². The lowest BCUT2D eigenvalue weighted by atomic mass is 9.89. The lowest BCUT2D eigenvalue weighted by Crippen LogP contribution is -2.29. The van der Waals surface area contributed by atoms with Crippen molar-refractivity contribution in [2.24, 2.45) is 5.41 Å². The monoisotopic (exact) mass is 269 g/mol. The lowest BCUT2D eigenvalue weighted by molar-refractivity contribution is 0.313. The maximum absolute atomic E-state index is 6.30. The van der Waals surface area contributed by atoms with Gasteiger partial charge in [0.15, 0.2) is 0 Å². The molecule has 0 spiro atoms. The number of hydrogen-bond donors (Lipinski definition) is 1. The van der Waals surface area contributed by atoms with E-state index in [4.69, 9.17) is 11.6 Å². The fourth-order valence-electron chi connectivity index (χ4n) is 2.93. The molecular formula is C14H24ClN3. The molecule has 0 bridgehead atoms. The number of aryl methyl sites for hydroxylation is 2. The van der Waals surface area contributed by atoms with Gasteiger partial charge in [0.25, 0.3) is 0 Å². The summed E-state index contributed by atoms with van der Waals surface area (Å²) in [6.45, 7) is 9.24. The Morgan fingerprint density at radius 1 is 1.39 bits per heavy atom. The fourth-order valence-corrected chi connectivity index (χ4v) is 3.13. The highest BCUT2D eigenvalue weighted by Crippen LogP contribution is 2.36. The number of rotatable bonds is 5. The summed E-state index contributed by atoms with van der Waals surface area (Å²) in [6.07, 6.45) is 5.45. The zero-order valence-corrected chi connectivity index (χ0v) is 12.5. The van der Waals surface area contributed by atoms with Gasteiger partial charge in [0.1, 0.15) is 0 Å². The Labute approximate surface area is 115 Å². The van der Waals surface area contributed by atoms with Gasteiger partial charge in [0.05, 0.1) is 16.4 Å².